The van der Waals surface area contributed by atoms with E-state index in [1.807, 2.05) is 12.1 Å². The zero-order chi connectivity index (χ0) is 15.1. The maximum absolute atomic E-state index is 5.81. The molecule has 0 fully saturated rings. The highest BCUT2D eigenvalue weighted by Crippen LogP contribution is 2.28. The standard InChI is InChI=1S/C17H23NO2S/c1-4-14-7-8-15(16(12-14)19-3)20-10-9-18-13(2)17-6-5-11-21-17/h5-8,11-13,18H,4,9-10H2,1-3H3. The number of thiophene rings is 1. The van der Waals surface area contributed by atoms with Gasteiger partial charge in [-0.3, -0.25) is 0 Å². The van der Waals surface area contributed by atoms with E-state index in [1.165, 1.54) is 10.4 Å². The van der Waals surface area contributed by atoms with Crippen LogP contribution in [0.3, 0.4) is 0 Å². The molecular weight excluding hydrogens is 282 g/mol. The zero-order valence-electron chi connectivity index (χ0n) is 12.9. The summed E-state index contributed by atoms with van der Waals surface area (Å²) < 4.78 is 11.2. The first-order valence-corrected chi connectivity index (χ1v) is 8.19. The van der Waals surface area contributed by atoms with Crippen LogP contribution in [0.4, 0.5) is 0 Å². The Morgan fingerprint density at radius 3 is 2.76 bits per heavy atom. The third-order valence-electron chi connectivity index (χ3n) is 3.42. The summed E-state index contributed by atoms with van der Waals surface area (Å²) in [5.74, 6) is 1.61. The van der Waals surface area contributed by atoms with E-state index >= 15 is 0 Å². The van der Waals surface area contributed by atoms with Crippen LogP contribution < -0.4 is 14.8 Å². The highest BCUT2D eigenvalue weighted by molar-refractivity contribution is 7.10. The van der Waals surface area contributed by atoms with Gasteiger partial charge in [-0.25, -0.2) is 0 Å². The molecule has 1 unspecified atom stereocenters. The molecular formula is C17H23NO2S. The molecule has 1 atom stereocenters. The van der Waals surface area contributed by atoms with Crippen LogP contribution >= 0.6 is 11.3 Å². The van der Waals surface area contributed by atoms with E-state index < -0.39 is 0 Å². The molecule has 114 valence electrons. The average Bonchev–Trinajstić information content (AvgIpc) is 3.05. The second-order valence-electron chi connectivity index (χ2n) is 4.88. The lowest BCUT2D eigenvalue weighted by atomic mass is 10.1. The SMILES string of the molecule is CCc1ccc(OCCNC(C)c2cccs2)c(OC)c1. The highest BCUT2D eigenvalue weighted by Gasteiger charge is 2.07. The fourth-order valence-corrected chi connectivity index (χ4v) is 2.88. The van der Waals surface area contributed by atoms with Gasteiger partial charge < -0.3 is 14.8 Å². The highest BCUT2D eigenvalue weighted by atomic mass is 32.1. The smallest absolute Gasteiger partial charge is 0.161 e. The van der Waals surface area contributed by atoms with Gasteiger partial charge in [0.1, 0.15) is 6.61 Å². The normalized spacial score (nSPS) is 12.1. The van der Waals surface area contributed by atoms with E-state index in [2.05, 4.69) is 42.7 Å². The molecule has 21 heavy (non-hydrogen) atoms. The molecule has 0 bridgehead atoms. The van der Waals surface area contributed by atoms with Crippen LogP contribution in [-0.2, 0) is 6.42 Å². The van der Waals surface area contributed by atoms with Crippen LogP contribution in [-0.4, -0.2) is 20.3 Å². The van der Waals surface area contributed by atoms with E-state index in [1.54, 1.807) is 18.4 Å². The minimum atomic E-state index is 0.359. The van der Waals surface area contributed by atoms with Gasteiger partial charge in [0.25, 0.3) is 0 Å². The largest absolute Gasteiger partial charge is 0.493 e. The topological polar surface area (TPSA) is 30.5 Å². The lowest BCUT2D eigenvalue weighted by Crippen LogP contribution is -2.23. The van der Waals surface area contributed by atoms with Gasteiger partial charge >= 0.3 is 0 Å². The van der Waals surface area contributed by atoms with Crippen molar-refractivity contribution in [3.63, 3.8) is 0 Å². The van der Waals surface area contributed by atoms with Gasteiger partial charge in [-0.15, -0.1) is 11.3 Å². The molecule has 0 saturated heterocycles. The third kappa shape index (κ3) is 4.48. The van der Waals surface area contributed by atoms with Crippen molar-refractivity contribution in [3.8, 4) is 11.5 Å². The predicted octanol–water partition coefficient (Wildman–Crippen LogP) is 4.05. The Kier molecular flexibility index (Phi) is 6.08. The number of ether oxygens (including phenoxy) is 2. The fraction of sp³-hybridized carbons (Fsp3) is 0.412. The zero-order valence-corrected chi connectivity index (χ0v) is 13.7. The van der Waals surface area contributed by atoms with Crippen LogP contribution in [0, 0.1) is 0 Å². The molecule has 0 aliphatic heterocycles. The van der Waals surface area contributed by atoms with Gasteiger partial charge in [0.05, 0.1) is 7.11 Å². The van der Waals surface area contributed by atoms with Crippen molar-refractivity contribution < 1.29 is 9.47 Å². The lowest BCUT2D eigenvalue weighted by molar-refractivity contribution is 0.288. The van der Waals surface area contributed by atoms with Crippen LogP contribution in [0.25, 0.3) is 0 Å². The molecule has 0 aliphatic rings. The fourth-order valence-electron chi connectivity index (χ4n) is 2.13. The number of methoxy groups -OCH3 is 1. The summed E-state index contributed by atoms with van der Waals surface area (Å²) in [5.41, 5.74) is 1.25. The Morgan fingerprint density at radius 1 is 1.24 bits per heavy atom. The van der Waals surface area contributed by atoms with Crippen molar-refractivity contribution in [3.05, 3.63) is 46.2 Å². The third-order valence-corrected chi connectivity index (χ3v) is 4.47. The van der Waals surface area contributed by atoms with E-state index in [9.17, 15) is 0 Å². The summed E-state index contributed by atoms with van der Waals surface area (Å²) in [6.07, 6.45) is 0.997. The molecule has 0 saturated carbocycles. The van der Waals surface area contributed by atoms with Crippen molar-refractivity contribution >= 4 is 11.3 Å². The molecule has 0 spiro atoms. The van der Waals surface area contributed by atoms with Crippen molar-refractivity contribution in [2.24, 2.45) is 0 Å². The molecule has 0 aliphatic carbocycles. The summed E-state index contributed by atoms with van der Waals surface area (Å²) >= 11 is 1.77. The first kappa shape index (κ1) is 15.9. The van der Waals surface area contributed by atoms with E-state index in [4.69, 9.17) is 9.47 Å². The van der Waals surface area contributed by atoms with Crippen LogP contribution in [0.15, 0.2) is 35.7 Å². The van der Waals surface area contributed by atoms with E-state index in [-0.39, 0.29) is 0 Å². The molecule has 4 heteroatoms. The first-order chi connectivity index (χ1) is 10.2. The van der Waals surface area contributed by atoms with Crippen LogP contribution in [0.5, 0.6) is 11.5 Å². The van der Waals surface area contributed by atoms with Gasteiger partial charge in [0.2, 0.25) is 0 Å². The molecule has 1 N–H and O–H groups in total. The van der Waals surface area contributed by atoms with Crippen molar-refractivity contribution in [1.29, 1.82) is 0 Å². The van der Waals surface area contributed by atoms with E-state index in [0.29, 0.717) is 12.6 Å². The van der Waals surface area contributed by atoms with Crippen molar-refractivity contribution in [2.75, 3.05) is 20.3 Å². The predicted molar refractivity (Wildman–Crippen MR) is 88.6 cm³/mol. The summed E-state index contributed by atoms with van der Waals surface area (Å²) in [6.45, 7) is 5.73. The monoisotopic (exact) mass is 305 g/mol. The molecule has 2 rings (SSSR count). The molecule has 1 aromatic heterocycles. The number of hydrogen-bond donors (Lipinski definition) is 1. The van der Waals surface area contributed by atoms with Crippen molar-refractivity contribution in [1.82, 2.24) is 5.32 Å². The Balaban J connectivity index is 1.80. The van der Waals surface area contributed by atoms with Crippen LogP contribution in [0.1, 0.15) is 30.3 Å². The summed E-state index contributed by atoms with van der Waals surface area (Å²) in [4.78, 5) is 1.35. The molecule has 0 radical (unpaired) electrons. The number of hydrogen-bond acceptors (Lipinski definition) is 4. The van der Waals surface area contributed by atoms with E-state index in [0.717, 1.165) is 24.5 Å². The van der Waals surface area contributed by atoms with Crippen LogP contribution in [0.2, 0.25) is 0 Å². The summed E-state index contributed by atoms with van der Waals surface area (Å²) in [6, 6.07) is 10.7. The number of aryl methyl sites for hydroxylation is 1. The number of nitrogens with one attached hydrogen (secondary N) is 1. The second kappa shape index (κ2) is 8.05. The minimum absolute atomic E-state index is 0.359. The molecule has 2 aromatic rings. The first-order valence-electron chi connectivity index (χ1n) is 7.31. The summed E-state index contributed by atoms with van der Waals surface area (Å²) in [5, 5.41) is 5.56. The quantitative estimate of drug-likeness (QED) is 0.746. The van der Waals surface area contributed by atoms with Crippen molar-refractivity contribution in [2.45, 2.75) is 26.3 Å². The molecule has 3 nitrogen and oxygen atoms in total. The average molecular weight is 305 g/mol. The number of rotatable bonds is 8. The molecule has 0 amide bonds. The Morgan fingerprint density at radius 2 is 2.10 bits per heavy atom. The Hall–Kier alpha value is -1.52. The molecule has 1 aromatic carbocycles. The Bertz CT molecular complexity index is 540. The Labute approximate surface area is 130 Å². The van der Waals surface area contributed by atoms with Gasteiger partial charge in [0.15, 0.2) is 11.5 Å². The lowest BCUT2D eigenvalue weighted by Gasteiger charge is -2.14. The number of benzene rings is 1. The maximum atomic E-state index is 5.81. The van der Waals surface area contributed by atoms with Gasteiger partial charge in [-0.2, -0.15) is 0 Å². The summed E-state index contributed by atoms with van der Waals surface area (Å²) in [7, 11) is 1.68. The minimum Gasteiger partial charge on any atom is -0.493 e. The maximum Gasteiger partial charge on any atom is 0.161 e. The van der Waals surface area contributed by atoms with Gasteiger partial charge in [0, 0.05) is 17.5 Å². The molecule has 1 heterocycles. The van der Waals surface area contributed by atoms with Gasteiger partial charge in [-0.1, -0.05) is 19.1 Å². The second-order valence-corrected chi connectivity index (χ2v) is 5.86. The van der Waals surface area contributed by atoms with Gasteiger partial charge in [-0.05, 0) is 42.5 Å².